The first-order chi connectivity index (χ1) is 12.7. The minimum atomic E-state index is -0.715. The summed E-state index contributed by atoms with van der Waals surface area (Å²) in [7, 11) is 0. The van der Waals surface area contributed by atoms with Crippen LogP contribution >= 0.6 is 0 Å². The third kappa shape index (κ3) is 4.93. The van der Waals surface area contributed by atoms with Crippen LogP contribution in [0.2, 0.25) is 0 Å². The molecule has 27 heavy (non-hydrogen) atoms. The lowest BCUT2D eigenvalue weighted by molar-refractivity contribution is -0.384. The topological polar surface area (TPSA) is 103 Å². The molecule has 2 aromatic rings. The Morgan fingerprint density at radius 1 is 1.22 bits per heavy atom. The molecular formula is C19H22N2O6. The smallest absolute Gasteiger partial charge is 0.338 e. The largest absolute Gasteiger partial charge is 0.464 e. The van der Waals surface area contributed by atoms with Gasteiger partial charge in [0, 0.05) is 23.7 Å². The van der Waals surface area contributed by atoms with Crippen molar-refractivity contribution in [2.24, 2.45) is 0 Å². The fourth-order valence-electron chi connectivity index (χ4n) is 2.57. The monoisotopic (exact) mass is 374 g/mol. The van der Waals surface area contributed by atoms with Gasteiger partial charge in [-0.15, -0.1) is 0 Å². The Balaban J connectivity index is 2.41. The lowest BCUT2D eigenvalue weighted by Crippen LogP contribution is -2.36. The fourth-order valence-corrected chi connectivity index (χ4v) is 2.57. The number of ether oxygens (including phenoxy) is 1. The second-order valence-corrected chi connectivity index (χ2v) is 6.29. The average Bonchev–Trinajstić information content (AvgIpc) is 3.03. The van der Waals surface area contributed by atoms with E-state index in [0.717, 1.165) is 17.9 Å². The second-order valence-electron chi connectivity index (χ2n) is 6.29. The van der Waals surface area contributed by atoms with Crippen molar-refractivity contribution in [1.29, 1.82) is 0 Å². The van der Waals surface area contributed by atoms with Crippen molar-refractivity contribution < 1.29 is 23.7 Å². The van der Waals surface area contributed by atoms with Crippen LogP contribution in [0.4, 0.5) is 5.69 Å². The number of benzene rings is 1. The molecule has 0 spiro atoms. The van der Waals surface area contributed by atoms with Gasteiger partial charge in [0.25, 0.3) is 11.6 Å². The normalized spacial score (nSPS) is 10.7. The summed E-state index contributed by atoms with van der Waals surface area (Å²) in [5.74, 6) is 0.174. The Morgan fingerprint density at radius 3 is 2.41 bits per heavy atom. The Labute approximate surface area is 156 Å². The molecule has 0 radical (unpaired) electrons. The number of carbonyl (C=O) groups is 2. The molecule has 1 aromatic heterocycles. The maximum absolute atomic E-state index is 13.0. The van der Waals surface area contributed by atoms with Crippen molar-refractivity contribution >= 4 is 17.6 Å². The van der Waals surface area contributed by atoms with Crippen molar-refractivity contribution in [3.05, 3.63) is 63.1 Å². The van der Waals surface area contributed by atoms with Crippen LogP contribution < -0.4 is 0 Å². The van der Waals surface area contributed by atoms with E-state index in [1.165, 1.54) is 11.0 Å². The molecule has 0 atom stereocenters. The zero-order chi connectivity index (χ0) is 20.1. The van der Waals surface area contributed by atoms with Gasteiger partial charge in [-0.1, -0.05) is 0 Å². The van der Waals surface area contributed by atoms with Gasteiger partial charge in [0.2, 0.25) is 0 Å². The van der Waals surface area contributed by atoms with Crippen LogP contribution in [0.15, 0.2) is 34.7 Å². The van der Waals surface area contributed by atoms with Gasteiger partial charge in [0.15, 0.2) is 0 Å². The van der Waals surface area contributed by atoms with Crippen LogP contribution in [-0.4, -0.2) is 34.3 Å². The van der Waals surface area contributed by atoms with Gasteiger partial charge in [-0.05, 0) is 45.9 Å². The number of aryl methyl sites for hydroxylation is 1. The van der Waals surface area contributed by atoms with Gasteiger partial charge in [-0.25, -0.2) is 4.79 Å². The van der Waals surface area contributed by atoms with Gasteiger partial charge in [0.05, 0.1) is 23.6 Å². The molecule has 0 unspecified atom stereocenters. The third-order valence-corrected chi connectivity index (χ3v) is 3.89. The molecule has 144 valence electrons. The highest BCUT2D eigenvalue weighted by Crippen LogP contribution is 2.22. The zero-order valence-corrected chi connectivity index (χ0v) is 15.7. The van der Waals surface area contributed by atoms with Crippen LogP contribution in [0.3, 0.4) is 0 Å². The molecule has 0 fully saturated rings. The predicted octanol–water partition coefficient (Wildman–Crippen LogP) is 3.72. The molecule has 1 amide bonds. The van der Waals surface area contributed by atoms with E-state index in [0.29, 0.717) is 5.76 Å². The Morgan fingerprint density at radius 2 is 1.89 bits per heavy atom. The molecule has 1 aromatic carbocycles. The molecule has 8 heteroatoms. The van der Waals surface area contributed by atoms with E-state index in [1.54, 1.807) is 26.0 Å². The fraction of sp³-hybridized carbons (Fsp3) is 0.368. The van der Waals surface area contributed by atoms with Gasteiger partial charge in [-0.3, -0.25) is 14.9 Å². The van der Waals surface area contributed by atoms with Crippen LogP contribution in [0.5, 0.6) is 0 Å². The first kappa shape index (κ1) is 20.2. The molecule has 0 saturated carbocycles. The minimum absolute atomic E-state index is 0.0352. The van der Waals surface area contributed by atoms with Crippen molar-refractivity contribution in [2.75, 3.05) is 6.61 Å². The van der Waals surface area contributed by atoms with E-state index < -0.39 is 16.8 Å². The van der Waals surface area contributed by atoms with Crippen LogP contribution in [0.1, 0.15) is 53.0 Å². The number of carbonyl (C=O) groups excluding carboxylic acids is 2. The highest BCUT2D eigenvalue weighted by molar-refractivity contribution is 5.99. The Kier molecular flexibility index (Phi) is 6.33. The first-order valence-electron chi connectivity index (χ1n) is 8.55. The maximum atomic E-state index is 13.0. The van der Waals surface area contributed by atoms with Crippen molar-refractivity contribution in [1.82, 2.24) is 4.90 Å². The lowest BCUT2D eigenvalue weighted by Gasteiger charge is -2.26. The SMILES string of the molecule is CCOC(=O)c1cc(C(=O)N(Cc2ccc(C)o2)C(C)C)cc([N+](=O)[O-])c1. The van der Waals surface area contributed by atoms with Gasteiger partial charge < -0.3 is 14.1 Å². The maximum Gasteiger partial charge on any atom is 0.338 e. The summed E-state index contributed by atoms with van der Waals surface area (Å²) in [4.78, 5) is 37.1. The molecule has 1 heterocycles. The van der Waals surface area contributed by atoms with Crippen LogP contribution in [0.25, 0.3) is 0 Å². The zero-order valence-electron chi connectivity index (χ0n) is 15.7. The molecule has 8 nitrogen and oxygen atoms in total. The summed E-state index contributed by atoms with van der Waals surface area (Å²) in [6.07, 6.45) is 0. The highest BCUT2D eigenvalue weighted by Gasteiger charge is 2.24. The average molecular weight is 374 g/mol. The Hall–Kier alpha value is -3.16. The summed E-state index contributed by atoms with van der Waals surface area (Å²) in [6.45, 7) is 7.43. The number of furan rings is 1. The number of non-ortho nitro benzene ring substituents is 1. The standard InChI is InChI=1S/C19H22N2O6/c1-5-26-19(23)15-8-14(9-16(10-15)21(24)25)18(22)20(12(2)3)11-17-7-6-13(4)27-17/h6-10,12H,5,11H2,1-4H3. The number of nitrogens with zero attached hydrogens (tertiary/aromatic N) is 2. The summed E-state index contributed by atoms with van der Waals surface area (Å²) in [5.41, 5.74) is -0.336. The number of hydrogen-bond acceptors (Lipinski definition) is 6. The minimum Gasteiger partial charge on any atom is -0.464 e. The van der Waals surface area contributed by atoms with Crippen LogP contribution in [-0.2, 0) is 11.3 Å². The molecule has 0 aliphatic carbocycles. The number of esters is 1. The molecule has 0 aliphatic heterocycles. The lowest BCUT2D eigenvalue weighted by atomic mass is 10.1. The number of nitro groups is 1. The van der Waals surface area contributed by atoms with Gasteiger partial charge in [0.1, 0.15) is 11.5 Å². The van der Waals surface area contributed by atoms with Crippen LogP contribution in [0, 0.1) is 17.0 Å². The summed E-state index contributed by atoms with van der Waals surface area (Å²) in [5, 5.41) is 11.2. The third-order valence-electron chi connectivity index (χ3n) is 3.89. The molecule has 0 bridgehead atoms. The number of hydrogen-bond donors (Lipinski definition) is 0. The van der Waals surface area contributed by atoms with Gasteiger partial charge in [-0.2, -0.15) is 0 Å². The Bertz CT molecular complexity index is 856. The first-order valence-corrected chi connectivity index (χ1v) is 8.55. The van der Waals surface area contributed by atoms with Gasteiger partial charge >= 0.3 is 5.97 Å². The van der Waals surface area contributed by atoms with Crippen molar-refractivity contribution in [3.8, 4) is 0 Å². The van der Waals surface area contributed by atoms with E-state index in [-0.39, 0.29) is 36.0 Å². The van der Waals surface area contributed by atoms with E-state index in [2.05, 4.69) is 0 Å². The number of amides is 1. The molecule has 0 aliphatic rings. The van der Waals surface area contributed by atoms with E-state index in [4.69, 9.17) is 9.15 Å². The highest BCUT2D eigenvalue weighted by atomic mass is 16.6. The molecular weight excluding hydrogens is 352 g/mol. The van der Waals surface area contributed by atoms with E-state index >= 15 is 0 Å². The van der Waals surface area contributed by atoms with E-state index in [1.807, 2.05) is 13.8 Å². The number of nitro benzene ring substituents is 1. The van der Waals surface area contributed by atoms with Crippen molar-refractivity contribution in [3.63, 3.8) is 0 Å². The second kappa shape index (κ2) is 8.48. The summed E-state index contributed by atoms with van der Waals surface area (Å²) >= 11 is 0. The molecule has 0 N–H and O–H groups in total. The van der Waals surface area contributed by atoms with E-state index in [9.17, 15) is 19.7 Å². The summed E-state index contributed by atoms with van der Waals surface area (Å²) in [6, 6.07) is 6.96. The molecule has 2 rings (SSSR count). The summed E-state index contributed by atoms with van der Waals surface area (Å²) < 4.78 is 10.4. The molecule has 0 saturated heterocycles. The quantitative estimate of drug-likeness (QED) is 0.416. The predicted molar refractivity (Wildman–Crippen MR) is 97.5 cm³/mol. The number of rotatable bonds is 7. The van der Waals surface area contributed by atoms with Crippen molar-refractivity contribution in [2.45, 2.75) is 40.3 Å².